The Hall–Kier alpha value is -6.06. The van der Waals surface area contributed by atoms with Crippen molar-refractivity contribution in [3.05, 3.63) is 215 Å². The van der Waals surface area contributed by atoms with Crippen LogP contribution in [-0.4, -0.2) is 49.7 Å². The van der Waals surface area contributed by atoms with Crippen molar-refractivity contribution in [1.29, 1.82) is 0 Å². The van der Waals surface area contributed by atoms with E-state index in [-0.39, 0.29) is 41.6 Å². The molecule has 6 aromatic rings. The Morgan fingerprint density at radius 3 is 1.43 bits per heavy atom. The van der Waals surface area contributed by atoms with E-state index in [1.54, 1.807) is 24.3 Å². The first kappa shape index (κ1) is 48.4. The fourth-order valence-electron chi connectivity index (χ4n) is 8.69. The van der Waals surface area contributed by atoms with Crippen molar-refractivity contribution in [3.63, 3.8) is 0 Å². The fourth-order valence-corrected chi connectivity index (χ4v) is 9.06. The predicted molar refractivity (Wildman–Crippen MR) is 261 cm³/mol. The van der Waals surface area contributed by atoms with Crippen molar-refractivity contribution >= 4 is 39.3 Å². The molecule has 2 saturated carbocycles. The van der Waals surface area contributed by atoms with Gasteiger partial charge in [0.05, 0.1) is 49.1 Å². The summed E-state index contributed by atoms with van der Waals surface area (Å²) in [5, 5.41) is 0.785. The molecule has 6 aromatic carbocycles. The SMILES string of the molecule is COC(=O)C1(Cc2ccc(F)cc2)CCCC(N=C(c2ccccc2)c2ccccc2)C1.COC(=O)C1CCCC(N=C(c2ccccc2)c2ccccc2)C1.Fc1ccc(CBr)cc1. The van der Waals surface area contributed by atoms with E-state index in [9.17, 15) is 18.4 Å². The molecule has 2 aliphatic carbocycles. The zero-order valence-corrected chi connectivity index (χ0v) is 38.7. The first-order chi connectivity index (χ1) is 31.7. The lowest BCUT2D eigenvalue weighted by Gasteiger charge is -2.37. The van der Waals surface area contributed by atoms with Gasteiger partial charge >= 0.3 is 11.9 Å². The first-order valence-electron chi connectivity index (χ1n) is 22.3. The fraction of sp³-hybridized carbons (Fsp3) is 0.286. The maximum absolute atomic E-state index is 13.4. The minimum Gasteiger partial charge on any atom is -0.469 e. The van der Waals surface area contributed by atoms with Gasteiger partial charge in [-0.05, 0) is 80.3 Å². The van der Waals surface area contributed by atoms with E-state index < -0.39 is 5.41 Å². The topological polar surface area (TPSA) is 77.3 Å². The van der Waals surface area contributed by atoms with Crippen molar-refractivity contribution in [2.24, 2.45) is 21.3 Å². The Bertz CT molecular complexity index is 2350. The molecule has 65 heavy (non-hydrogen) atoms. The van der Waals surface area contributed by atoms with Gasteiger partial charge in [0.25, 0.3) is 0 Å². The molecule has 0 bridgehead atoms. The van der Waals surface area contributed by atoms with Gasteiger partial charge in [0.1, 0.15) is 11.6 Å². The molecule has 0 aromatic heterocycles. The molecule has 0 radical (unpaired) electrons. The quantitative estimate of drug-likeness (QED) is 0.0736. The number of methoxy groups -OCH3 is 2. The number of esters is 2. The molecule has 8 rings (SSSR count). The highest BCUT2D eigenvalue weighted by Crippen LogP contribution is 2.42. The zero-order chi connectivity index (χ0) is 45.9. The van der Waals surface area contributed by atoms with E-state index in [4.69, 9.17) is 19.5 Å². The highest BCUT2D eigenvalue weighted by Gasteiger charge is 2.44. The van der Waals surface area contributed by atoms with Crippen molar-refractivity contribution in [2.45, 2.75) is 75.2 Å². The number of benzene rings is 6. The van der Waals surface area contributed by atoms with E-state index in [0.29, 0.717) is 12.8 Å². The van der Waals surface area contributed by atoms with E-state index in [1.165, 1.54) is 38.5 Å². The first-order valence-corrected chi connectivity index (χ1v) is 23.4. The van der Waals surface area contributed by atoms with Crippen LogP contribution in [0.4, 0.5) is 8.78 Å². The number of hydrogen-bond donors (Lipinski definition) is 0. The number of ether oxygens (including phenoxy) is 2. The Labute approximate surface area is 391 Å². The van der Waals surface area contributed by atoms with Gasteiger partial charge in [-0.1, -0.05) is 174 Å². The van der Waals surface area contributed by atoms with Gasteiger partial charge in [-0.15, -0.1) is 0 Å². The molecule has 0 N–H and O–H groups in total. The number of alkyl halides is 1. The molecule has 0 amide bonds. The molecule has 336 valence electrons. The van der Waals surface area contributed by atoms with Crippen LogP contribution in [0.1, 0.15) is 84.7 Å². The molecule has 2 fully saturated rings. The second-order valence-corrected chi connectivity index (χ2v) is 17.1. The number of carbonyl (C=O) groups excluding carboxylic acids is 2. The van der Waals surface area contributed by atoms with Crippen LogP contribution in [0.3, 0.4) is 0 Å². The molecule has 2 aliphatic rings. The van der Waals surface area contributed by atoms with Crippen molar-refractivity contribution in [2.75, 3.05) is 14.2 Å². The summed E-state index contributed by atoms with van der Waals surface area (Å²) in [7, 11) is 2.91. The summed E-state index contributed by atoms with van der Waals surface area (Å²) in [5.74, 6) is -0.786. The van der Waals surface area contributed by atoms with Crippen LogP contribution < -0.4 is 0 Å². The molecule has 9 heteroatoms. The van der Waals surface area contributed by atoms with Crippen LogP contribution in [-0.2, 0) is 30.8 Å². The number of aliphatic imine (C=N–C) groups is 2. The summed E-state index contributed by atoms with van der Waals surface area (Å²) < 4.78 is 35.8. The van der Waals surface area contributed by atoms with Gasteiger partial charge in [-0.25, -0.2) is 8.78 Å². The molecule has 4 unspecified atom stereocenters. The van der Waals surface area contributed by atoms with Crippen molar-refractivity contribution in [1.82, 2.24) is 0 Å². The summed E-state index contributed by atoms with van der Waals surface area (Å²) in [6, 6.07) is 53.8. The van der Waals surface area contributed by atoms with E-state index in [2.05, 4.69) is 64.5 Å². The van der Waals surface area contributed by atoms with Gasteiger partial charge in [-0.2, -0.15) is 0 Å². The smallest absolute Gasteiger partial charge is 0.312 e. The van der Waals surface area contributed by atoms with Gasteiger partial charge in [0.2, 0.25) is 0 Å². The second-order valence-electron chi connectivity index (χ2n) is 16.5. The van der Waals surface area contributed by atoms with Gasteiger partial charge in [0, 0.05) is 27.6 Å². The molecule has 0 spiro atoms. The normalized spacial score (nSPS) is 18.8. The molecular weight excluding hydrogens is 883 g/mol. The molecule has 6 nitrogen and oxygen atoms in total. The van der Waals surface area contributed by atoms with Crippen LogP contribution in [0.2, 0.25) is 0 Å². The van der Waals surface area contributed by atoms with Crippen molar-refractivity contribution < 1.29 is 27.8 Å². The Balaban J connectivity index is 0.000000186. The van der Waals surface area contributed by atoms with Crippen molar-refractivity contribution in [3.8, 4) is 0 Å². The van der Waals surface area contributed by atoms with E-state index in [1.807, 2.05) is 72.8 Å². The van der Waals surface area contributed by atoms with Crippen LogP contribution in [0.15, 0.2) is 180 Å². The number of hydrogen-bond acceptors (Lipinski definition) is 6. The number of rotatable bonds is 11. The second kappa shape index (κ2) is 24.9. The summed E-state index contributed by atoms with van der Waals surface area (Å²) in [4.78, 5) is 35.1. The zero-order valence-electron chi connectivity index (χ0n) is 37.1. The third-order valence-electron chi connectivity index (χ3n) is 12.0. The Kier molecular flexibility index (Phi) is 18.5. The van der Waals surface area contributed by atoms with E-state index in [0.717, 1.165) is 95.1 Å². The third kappa shape index (κ3) is 14.2. The van der Waals surface area contributed by atoms with Gasteiger partial charge < -0.3 is 9.47 Å². The highest BCUT2D eigenvalue weighted by atomic mass is 79.9. The highest BCUT2D eigenvalue weighted by molar-refractivity contribution is 9.08. The van der Waals surface area contributed by atoms with Crippen LogP contribution in [0.25, 0.3) is 0 Å². The predicted octanol–water partition coefficient (Wildman–Crippen LogP) is 13.0. The summed E-state index contributed by atoms with van der Waals surface area (Å²) in [6.07, 6.45) is 7.42. The average molecular weight is 940 g/mol. The largest absolute Gasteiger partial charge is 0.469 e. The Morgan fingerprint density at radius 2 is 1.00 bits per heavy atom. The molecule has 0 aliphatic heterocycles. The average Bonchev–Trinajstić information content (AvgIpc) is 3.37. The van der Waals surface area contributed by atoms with Gasteiger partial charge in [-0.3, -0.25) is 19.6 Å². The number of nitrogens with zero attached hydrogens (tertiary/aromatic N) is 2. The standard InChI is InChI=1S/C28H28FNO2.C21H23NO2.C7H6BrF/c1-32-27(31)28(19-21-14-16-24(29)17-15-21)18-8-13-25(20-28)30-26(22-9-4-2-5-10-22)23-11-6-3-7-12-23;1-24-21(23)18-13-8-14-19(15-18)22-20(16-9-4-2-5-10-16)17-11-6-3-7-12-17;8-5-6-1-3-7(9)4-2-6/h2-7,9-12,14-17,25H,8,13,18-20H2,1H3;2-7,9-12,18-19H,8,13-15H2,1H3;1-4H,5H2. The number of carbonyl (C=O) groups is 2. The van der Waals surface area contributed by atoms with Crippen LogP contribution in [0, 0.1) is 23.0 Å². The third-order valence-corrected chi connectivity index (χ3v) is 12.6. The van der Waals surface area contributed by atoms with E-state index >= 15 is 0 Å². The minimum absolute atomic E-state index is 0.00119. The molecular formula is C56H57BrF2N2O4. The lowest BCUT2D eigenvalue weighted by Crippen LogP contribution is -2.41. The monoisotopic (exact) mass is 938 g/mol. The van der Waals surface area contributed by atoms with Crippen LogP contribution >= 0.6 is 15.9 Å². The van der Waals surface area contributed by atoms with Gasteiger partial charge in [0.15, 0.2) is 0 Å². The number of halogens is 3. The summed E-state index contributed by atoms with van der Waals surface area (Å²) in [5.41, 5.74) is 7.68. The summed E-state index contributed by atoms with van der Waals surface area (Å²) >= 11 is 3.26. The summed E-state index contributed by atoms with van der Waals surface area (Å²) in [6.45, 7) is 0. The Morgan fingerprint density at radius 1 is 0.569 bits per heavy atom. The molecule has 4 atom stereocenters. The minimum atomic E-state index is -0.655. The molecule has 0 heterocycles. The maximum atomic E-state index is 13.4. The van der Waals surface area contributed by atoms with Crippen LogP contribution in [0.5, 0.6) is 0 Å². The lowest BCUT2D eigenvalue weighted by atomic mass is 9.68. The maximum Gasteiger partial charge on any atom is 0.312 e. The molecule has 0 saturated heterocycles. The lowest BCUT2D eigenvalue weighted by molar-refractivity contribution is -0.155.